The SMILES string of the molecule is Nc1ccc2ccc(CN(C(=O)c3cccnc3)[C@@H]3CCCc4cccnc43)cc2n1. The second-order valence-electron chi connectivity index (χ2n) is 7.89. The maximum atomic E-state index is 13.6. The Kier molecular flexibility index (Phi) is 5.04. The molecule has 0 radical (unpaired) electrons. The number of hydrogen-bond donors (Lipinski definition) is 1. The maximum Gasteiger partial charge on any atom is 0.256 e. The van der Waals surface area contributed by atoms with Crippen LogP contribution in [0.2, 0.25) is 0 Å². The van der Waals surface area contributed by atoms with Gasteiger partial charge in [-0.15, -0.1) is 0 Å². The van der Waals surface area contributed by atoms with E-state index in [4.69, 9.17) is 5.73 Å². The zero-order valence-corrected chi connectivity index (χ0v) is 17.1. The van der Waals surface area contributed by atoms with Crippen LogP contribution in [-0.2, 0) is 13.0 Å². The van der Waals surface area contributed by atoms with Crippen molar-refractivity contribution in [1.29, 1.82) is 0 Å². The first-order chi connectivity index (χ1) is 15.2. The van der Waals surface area contributed by atoms with Crippen molar-refractivity contribution in [3.8, 4) is 0 Å². The average Bonchev–Trinajstić information content (AvgIpc) is 2.82. The molecule has 154 valence electrons. The van der Waals surface area contributed by atoms with Crippen LogP contribution < -0.4 is 5.73 Å². The van der Waals surface area contributed by atoms with Gasteiger partial charge in [0.15, 0.2) is 0 Å². The Labute approximate surface area is 180 Å². The summed E-state index contributed by atoms with van der Waals surface area (Å²) in [5.41, 5.74) is 10.5. The van der Waals surface area contributed by atoms with Gasteiger partial charge in [-0.3, -0.25) is 14.8 Å². The van der Waals surface area contributed by atoms with Gasteiger partial charge in [0, 0.05) is 30.5 Å². The van der Waals surface area contributed by atoms with Gasteiger partial charge >= 0.3 is 0 Å². The molecular weight excluding hydrogens is 386 g/mol. The molecule has 4 aromatic rings. The minimum atomic E-state index is -0.0813. The van der Waals surface area contributed by atoms with Crippen molar-refractivity contribution in [2.45, 2.75) is 31.8 Å². The summed E-state index contributed by atoms with van der Waals surface area (Å²) < 4.78 is 0. The minimum absolute atomic E-state index is 0.0442. The summed E-state index contributed by atoms with van der Waals surface area (Å²) in [7, 11) is 0. The maximum absolute atomic E-state index is 13.6. The number of pyridine rings is 3. The van der Waals surface area contributed by atoms with Crippen molar-refractivity contribution < 1.29 is 4.79 Å². The molecule has 1 atom stereocenters. The number of anilines is 1. The third-order valence-electron chi connectivity index (χ3n) is 5.84. The van der Waals surface area contributed by atoms with Crippen molar-refractivity contribution in [3.63, 3.8) is 0 Å². The number of nitrogen functional groups attached to an aromatic ring is 1. The van der Waals surface area contributed by atoms with Crippen LogP contribution in [-0.4, -0.2) is 25.8 Å². The van der Waals surface area contributed by atoms with Crippen molar-refractivity contribution in [1.82, 2.24) is 19.9 Å². The van der Waals surface area contributed by atoms with Gasteiger partial charge in [-0.2, -0.15) is 0 Å². The first-order valence-corrected chi connectivity index (χ1v) is 10.5. The van der Waals surface area contributed by atoms with E-state index in [2.05, 4.69) is 21.0 Å². The summed E-state index contributed by atoms with van der Waals surface area (Å²) in [5.74, 6) is 0.440. The van der Waals surface area contributed by atoms with Gasteiger partial charge in [0.1, 0.15) is 5.82 Å². The lowest BCUT2D eigenvalue weighted by atomic mass is 9.90. The van der Waals surface area contributed by atoms with E-state index in [0.29, 0.717) is 17.9 Å². The monoisotopic (exact) mass is 409 g/mol. The number of carbonyl (C=O) groups is 1. The smallest absolute Gasteiger partial charge is 0.256 e. The van der Waals surface area contributed by atoms with Gasteiger partial charge in [-0.05, 0) is 66.8 Å². The molecule has 31 heavy (non-hydrogen) atoms. The van der Waals surface area contributed by atoms with Crippen molar-refractivity contribution in [2.75, 3.05) is 5.73 Å². The van der Waals surface area contributed by atoms with Crippen LogP contribution in [0.3, 0.4) is 0 Å². The topological polar surface area (TPSA) is 85.0 Å². The molecule has 0 unspecified atom stereocenters. The number of amides is 1. The number of nitrogens with two attached hydrogens (primary N) is 1. The Bertz CT molecular complexity index is 1240. The zero-order valence-electron chi connectivity index (χ0n) is 17.1. The van der Waals surface area contributed by atoms with Crippen LogP contribution in [0.5, 0.6) is 0 Å². The molecule has 1 aliphatic rings. The van der Waals surface area contributed by atoms with E-state index in [1.807, 2.05) is 47.5 Å². The quantitative estimate of drug-likeness (QED) is 0.542. The van der Waals surface area contributed by atoms with Crippen molar-refractivity contribution >= 4 is 22.6 Å². The molecule has 1 aromatic carbocycles. The first-order valence-electron chi connectivity index (χ1n) is 10.5. The van der Waals surface area contributed by atoms with Crippen LogP contribution in [0.1, 0.15) is 46.1 Å². The molecule has 3 heterocycles. The van der Waals surface area contributed by atoms with E-state index >= 15 is 0 Å². The third kappa shape index (κ3) is 3.84. The molecule has 5 rings (SSSR count). The Balaban J connectivity index is 1.55. The molecule has 0 aliphatic heterocycles. The zero-order chi connectivity index (χ0) is 21.2. The Morgan fingerprint density at radius 3 is 2.84 bits per heavy atom. The standard InChI is InChI=1S/C25H23N5O/c26-23-11-10-18-9-8-17(14-21(18)29-23)16-30(25(31)20-6-2-12-27-15-20)22-7-1-4-19-5-3-13-28-24(19)22/h2-3,5-6,8-15,22H,1,4,7,16H2,(H2,26,29)/t22-/m1/s1. The van der Waals surface area contributed by atoms with Crippen LogP contribution in [0.4, 0.5) is 5.82 Å². The summed E-state index contributed by atoms with van der Waals surface area (Å²) in [6.45, 7) is 0.459. The fourth-order valence-electron chi connectivity index (χ4n) is 4.34. The fraction of sp³-hybridized carbons (Fsp3) is 0.200. The second-order valence-corrected chi connectivity index (χ2v) is 7.89. The van der Waals surface area contributed by atoms with Gasteiger partial charge in [0.2, 0.25) is 0 Å². The van der Waals surface area contributed by atoms with Gasteiger partial charge in [0.05, 0.1) is 22.8 Å². The Morgan fingerprint density at radius 2 is 1.97 bits per heavy atom. The molecule has 0 saturated heterocycles. The molecule has 0 bridgehead atoms. The summed E-state index contributed by atoms with van der Waals surface area (Å²) >= 11 is 0. The molecule has 1 aliphatic carbocycles. The van der Waals surface area contributed by atoms with Crippen LogP contribution >= 0.6 is 0 Å². The van der Waals surface area contributed by atoms with Gasteiger partial charge in [-0.1, -0.05) is 18.2 Å². The van der Waals surface area contributed by atoms with E-state index in [0.717, 1.165) is 41.4 Å². The van der Waals surface area contributed by atoms with Crippen LogP contribution in [0.25, 0.3) is 10.9 Å². The molecule has 0 saturated carbocycles. The van der Waals surface area contributed by atoms with E-state index < -0.39 is 0 Å². The highest BCUT2D eigenvalue weighted by atomic mass is 16.2. The summed E-state index contributed by atoms with van der Waals surface area (Å²) in [4.78, 5) is 28.8. The number of aryl methyl sites for hydroxylation is 1. The second kappa shape index (κ2) is 8.14. The highest BCUT2D eigenvalue weighted by Crippen LogP contribution is 2.35. The lowest BCUT2D eigenvalue weighted by Crippen LogP contribution is -2.36. The van der Waals surface area contributed by atoms with Crippen molar-refractivity contribution in [3.05, 3.63) is 95.6 Å². The number of aromatic nitrogens is 3. The molecule has 1 amide bonds. The minimum Gasteiger partial charge on any atom is -0.384 e. The molecule has 6 nitrogen and oxygen atoms in total. The largest absolute Gasteiger partial charge is 0.384 e. The molecule has 0 spiro atoms. The van der Waals surface area contributed by atoms with E-state index in [9.17, 15) is 4.79 Å². The number of rotatable bonds is 4. The molecule has 6 heteroatoms. The van der Waals surface area contributed by atoms with E-state index in [1.54, 1.807) is 24.5 Å². The van der Waals surface area contributed by atoms with E-state index in [1.165, 1.54) is 5.56 Å². The number of hydrogen-bond acceptors (Lipinski definition) is 5. The molecule has 3 aromatic heterocycles. The third-order valence-corrected chi connectivity index (χ3v) is 5.84. The van der Waals surface area contributed by atoms with Gasteiger partial charge in [-0.25, -0.2) is 4.98 Å². The number of fused-ring (bicyclic) bond motifs is 2. The summed E-state index contributed by atoms with van der Waals surface area (Å²) in [5, 5.41) is 1.02. The summed E-state index contributed by atoms with van der Waals surface area (Å²) in [6.07, 6.45) is 8.02. The average molecular weight is 409 g/mol. The fourth-order valence-corrected chi connectivity index (χ4v) is 4.34. The lowest BCUT2D eigenvalue weighted by Gasteiger charge is -2.35. The van der Waals surface area contributed by atoms with Crippen molar-refractivity contribution in [2.24, 2.45) is 0 Å². The number of carbonyl (C=O) groups excluding carboxylic acids is 1. The highest BCUT2D eigenvalue weighted by molar-refractivity contribution is 5.94. The lowest BCUT2D eigenvalue weighted by molar-refractivity contribution is 0.0632. The van der Waals surface area contributed by atoms with Crippen LogP contribution in [0.15, 0.2) is 73.2 Å². The van der Waals surface area contributed by atoms with Crippen LogP contribution in [0, 0.1) is 0 Å². The molecular formula is C25H23N5O. The number of nitrogens with zero attached hydrogens (tertiary/aromatic N) is 4. The summed E-state index contributed by atoms with van der Waals surface area (Å²) in [6, 6.07) is 17.4. The van der Waals surface area contributed by atoms with E-state index in [-0.39, 0.29) is 11.9 Å². The highest BCUT2D eigenvalue weighted by Gasteiger charge is 2.31. The first kappa shape index (κ1) is 19.2. The van der Waals surface area contributed by atoms with Gasteiger partial charge < -0.3 is 10.6 Å². The predicted octanol–water partition coefficient (Wildman–Crippen LogP) is 4.33. The normalized spacial score (nSPS) is 15.4. The predicted molar refractivity (Wildman–Crippen MR) is 120 cm³/mol. The molecule has 0 fully saturated rings. The Morgan fingerprint density at radius 1 is 1.10 bits per heavy atom. The number of benzene rings is 1. The Hall–Kier alpha value is -3.80. The van der Waals surface area contributed by atoms with Gasteiger partial charge in [0.25, 0.3) is 5.91 Å². The molecule has 2 N–H and O–H groups in total.